The third kappa shape index (κ3) is 2.85. The maximum atomic E-state index is 5.80. The Hall–Kier alpha value is -1.36. The van der Waals surface area contributed by atoms with Crippen molar-refractivity contribution in [2.24, 2.45) is 0 Å². The molecule has 2 heterocycles. The van der Waals surface area contributed by atoms with Crippen LogP contribution < -0.4 is 16.0 Å². The zero-order valence-electron chi connectivity index (χ0n) is 10.8. The quantitative estimate of drug-likeness (QED) is 0.752. The fourth-order valence-electron chi connectivity index (χ4n) is 1.89. The molecule has 0 aromatic carbocycles. The fraction of sp³-hybridized carbons (Fsp3) is 0.667. The number of aromatic nitrogens is 2. The lowest BCUT2D eigenvalue weighted by atomic mass is 9.92. The molecule has 0 aliphatic carbocycles. The van der Waals surface area contributed by atoms with Gasteiger partial charge >= 0.3 is 0 Å². The van der Waals surface area contributed by atoms with Crippen LogP contribution in [0.3, 0.4) is 0 Å². The van der Waals surface area contributed by atoms with Crippen molar-refractivity contribution in [3.8, 4) is 0 Å². The normalized spacial score (nSPS) is 17.2. The average Bonchev–Trinajstić information content (AvgIpc) is 2.28. The molecule has 0 unspecified atom stereocenters. The molecule has 3 N–H and O–H groups in total. The smallest absolute Gasteiger partial charge is 0.222 e. The Kier molecular flexibility index (Phi) is 3.19. The Bertz CT molecular complexity index is 390. The number of hydrogen-bond donors (Lipinski definition) is 2. The molecule has 1 fully saturated rings. The van der Waals surface area contributed by atoms with Gasteiger partial charge < -0.3 is 16.0 Å². The standard InChI is InChI=1S/C12H21N5/c1-12(2,3)9-8-10(16-11(13)15-9)17-6-4-14-5-7-17/h8,14H,4-7H2,1-3H3,(H2,13,15,16). The lowest BCUT2D eigenvalue weighted by Crippen LogP contribution is -2.44. The van der Waals surface area contributed by atoms with E-state index in [1.54, 1.807) is 0 Å². The number of anilines is 2. The number of nitrogens with zero attached hydrogens (tertiary/aromatic N) is 3. The summed E-state index contributed by atoms with van der Waals surface area (Å²) in [4.78, 5) is 10.9. The largest absolute Gasteiger partial charge is 0.368 e. The summed E-state index contributed by atoms with van der Waals surface area (Å²) in [6, 6.07) is 2.06. The van der Waals surface area contributed by atoms with Gasteiger partial charge in [0.15, 0.2) is 0 Å². The number of piperazine rings is 1. The van der Waals surface area contributed by atoms with Crippen LogP contribution in [0, 0.1) is 0 Å². The van der Waals surface area contributed by atoms with Crippen LogP contribution in [0.2, 0.25) is 0 Å². The third-order valence-electron chi connectivity index (χ3n) is 2.94. The highest BCUT2D eigenvalue weighted by molar-refractivity contribution is 5.45. The maximum Gasteiger partial charge on any atom is 0.222 e. The second-order valence-electron chi connectivity index (χ2n) is 5.46. The molecule has 0 saturated carbocycles. The summed E-state index contributed by atoms with van der Waals surface area (Å²) >= 11 is 0. The summed E-state index contributed by atoms with van der Waals surface area (Å²) in [7, 11) is 0. The van der Waals surface area contributed by atoms with Gasteiger partial charge in [-0.2, -0.15) is 4.98 Å². The summed E-state index contributed by atoms with van der Waals surface area (Å²) in [5.74, 6) is 1.31. The predicted molar refractivity (Wildman–Crippen MR) is 70.2 cm³/mol. The van der Waals surface area contributed by atoms with Gasteiger partial charge in [-0.05, 0) is 0 Å². The molecule has 0 spiro atoms. The molecule has 1 aromatic heterocycles. The number of hydrogen-bond acceptors (Lipinski definition) is 5. The van der Waals surface area contributed by atoms with E-state index in [1.165, 1.54) is 0 Å². The fourth-order valence-corrected chi connectivity index (χ4v) is 1.89. The Morgan fingerprint density at radius 1 is 1.24 bits per heavy atom. The van der Waals surface area contributed by atoms with E-state index < -0.39 is 0 Å². The van der Waals surface area contributed by atoms with Crippen molar-refractivity contribution in [1.29, 1.82) is 0 Å². The van der Waals surface area contributed by atoms with E-state index >= 15 is 0 Å². The van der Waals surface area contributed by atoms with E-state index in [4.69, 9.17) is 5.73 Å². The van der Waals surface area contributed by atoms with Gasteiger partial charge in [-0.1, -0.05) is 20.8 Å². The van der Waals surface area contributed by atoms with E-state index in [2.05, 4.69) is 47.0 Å². The van der Waals surface area contributed by atoms with Gasteiger partial charge in [0, 0.05) is 37.7 Å². The van der Waals surface area contributed by atoms with E-state index in [-0.39, 0.29) is 5.41 Å². The molecular weight excluding hydrogens is 214 g/mol. The summed E-state index contributed by atoms with van der Waals surface area (Å²) in [6.45, 7) is 10.3. The van der Waals surface area contributed by atoms with Crippen LogP contribution in [0.5, 0.6) is 0 Å². The zero-order valence-corrected chi connectivity index (χ0v) is 10.8. The van der Waals surface area contributed by atoms with Crippen LogP contribution in [-0.2, 0) is 5.41 Å². The van der Waals surface area contributed by atoms with Crippen molar-refractivity contribution >= 4 is 11.8 Å². The van der Waals surface area contributed by atoms with E-state index in [0.717, 1.165) is 37.7 Å². The van der Waals surface area contributed by atoms with Crippen molar-refractivity contribution in [3.05, 3.63) is 11.8 Å². The second kappa shape index (κ2) is 4.49. The lowest BCUT2D eigenvalue weighted by Gasteiger charge is -2.29. The molecule has 5 nitrogen and oxygen atoms in total. The maximum absolute atomic E-state index is 5.80. The highest BCUT2D eigenvalue weighted by Crippen LogP contribution is 2.24. The molecule has 1 aliphatic rings. The summed E-state index contributed by atoms with van der Waals surface area (Å²) in [6.07, 6.45) is 0. The first kappa shape index (κ1) is 12.1. The predicted octanol–water partition coefficient (Wildman–Crippen LogP) is 0.766. The van der Waals surface area contributed by atoms with E-state index in [9.17, 15) is 0 Å². The average molecular weight is 235 g/mol. The lowest BCUT2D eigenvalue weighted by molar-refractivity contribution is 0.561. The van der Waals surface area contributed by atoms with Gasteiger partial charge in [0.2, 0.25) is 5.95 Å². The monoisotopic (exact) mass is 235 g/mol. The van der Waals surface area contributed by atoms with E-state index in [1.807, 2.05) is 0 Å². The molecule has 2 rings (SSSR count). The Morgan fingerprint density at radius 2 is 1.88 bits per heavy atom. The Labute approximate surface area is 102 Å². The molecular formula is C12H21N5. The van der Waals surface area contributed by atoms with Crippen LogP contribution in [-0.4, -0.2) is 36.1 Å². The van der Waals surface area contributed by atoms with Crippen LogP contribution in [0.15, 0.2) is 6.07 Å². The molecule has 0 radical (unpaired) electrons. The molecule has 5 heteroatoms. The molecule has 1 aromatic rings. The SMILES string of the molecule is CC(C)(C)c1cc(N2CCNCC2)nc(N)n1. The van der Waals surface area contributed by atoms with Crippen LogP contribution in [0.1, 0.15) is 26.5 Å². The summed E-state index contributed by atoms with van der Waals surface area (Å²) in [5, 5.41) is 3.33. The Morgan fingerprint density at radius 3 is 2.47 bits per heavy atom. The van der Waals surface area contributed by atoms with Gasteiger partial charge in [0.1, 0.15) is 5.82 Å². The highest BCUT2D eigenvalue weighted by Gasteiger charge is 2.20. The summed E-state index contributed by atoms with van der Waals surface area (Å²) in [5.41, 5.74) is 6.80. The zero-order chi connectivity index (χ0) is 12.5. The molecule has 0 bridgehead atoms. The van der Waals surface area contributed by atoms with Gasteiger partial charge in [-0.15, -0.1) is 0 Å². The minimum atomic E-state index is -0.000152. The van der Waals surface area contributed by atoms with E-state index in [0.29, 0.717) is 5.95 Å². The third-order valence-corrected chi connectivity index (χ3v) is 2.94. The number of nitrogens with two attached hydrogens (primary N) is 1. The first-order valence-electron chi connectivity index (χ1n) is 6.07. The van der Waals surface area contributed by atoms with Crippen LogP contribution in [0.4, 0.5) is 11.8 Å². The number of nitrogens with one attached hydrogen (secondary N) is 1. The minimum Gasteiger partial charge on any atom is -0.368 e. The van der Waals surface area contributed by atoms with Crippen molar-refractivity contribution in [2.75, 3.05) is 36.8 Å². The summed E-state index contributed by atoms with van der Waals surface area (Å²) < 4.78 is 0. The van der Waals surface area contributed by atoms with Gasteiger partial charge in [-0.3, -0.25) is 0 Å². The number of nitrogen functional groups attached to an aromatic ring is 1. The first-order chi connectivity index (χ1) is 7.97. The molecule has 94 valence electrons. The molecule has 0 atom stereocenters. The van der Waals surface area contributed by atoms with Crippen LogP contribution >= 0.6 is 0 Å². The Balaban J connectivity index is 2.31. The highest BCUT2D eigenvalue weighted by atomic mass is 15.2. The first-order valence-corrected chi connectivity index (χ1v) is 6.07. The number of rotatable bonds is 1. The molecule has 1 aliphatic heterocycles. The minimum absolute atomic E-state index is 0.000152. The molecule has 1 saturated heterocycles. The van der Waals surface area contributed by atoms with Crippen molar-refractivity contribution in [3.63, 3.8) is 0 Å². The molecule has 0 amide bonds. The van der Waals surface area contributed by atoms with Gasteiger partial charge in [-0.25, -0.2) is 4.98 Å². The van der Waals surface area contributed by atoms with Crippen molar-refractivity contribution in [2.45, 2.75) is 26.2 Å². The topological polar surface area (TPSA) is 67.1 Å². The van der Waals surface area contributed by atoms with Gasteiger partial charge in [0.25, 0.3) is 0 Å². The van der Waals surface area contributed by atoms with Crippen molar-refractivity contribution < 1.29 is 0 Å². The second-order valence-corrected chi connectivity index (χ2v) is 5.46. The van der Waals surface area contributed by atoms with Crippen molar-refractivity contribution in [1.82, 2.24) is 15.3 Å². The van der Waals surface area contributed by atoms with Gasteiger partial charge in [0.05, 0.1) is 5.69 Å². The van der Waals surface area contributed by atoms with Crippen LogP contribution in [0.25, 0.3) is 0 Å². The molecule has 17 heavy (non-hydrogen) atoms.